The van der Waals surface area contributed by atoms with Crippen molar-refractivity contribution in [2.45, 2.75) is 13.3 Å². The van der Waals surface area contributed by atoms with Gasteiger partial charge in [-0.2, -0.15) is 0 Å². The number of aryl methyl sites for hydroxylation is 1. The Morgan fingerprint density at radius 3 is 2.89 bits per heavy atom. The van der Waals surface area contributed by atoms with Crippen molar-refractivity contribution >= 4 is 11.3 Å². The van der Waals surface area contributed by atoms with Gasteiger partial charge in [0.15, 0.2) is 0 Å². The Hall–Kier alpha value is -0.340. The van der Waals surface area contributed by atoms with Gasteiger partial charge in [0.1, 0.15) is 0 Å². The van der Waals surface area contributed by atoms with Crippen molar-refractivity contribution in [1.82, 2.24) is 0 Å². The summed E-state index contributed by atoms with van der Waals surface area (Å²) in [5, 5.41) is 2.11. The smallest absolute Gasteiger partial charge is 0.00869 e. The summed E-state index contributed by atoms with van der Waals surface area (Å²) in [6.07, 6.45) is 1.03. The Bertz CT molecular complexity index is 181. The summed E-state index contributed by atoms with van der Waals surface area (Å²) in [4.78, 5) is 1.43. The van der Waals surface area contributed by atoms with Crippen LogP contribution in [0, 0.1) is 6.92 Å². The van der Waals surface area contributed by atoms with Crippen LogP contribution >= 0.6 is 11.3 Å². The molecule has 0 atom stereocenters. The van der Waals surface area contributed by atoms with E-state index in [1.807, 2.05) is 0 Å². The molecule has 0 aromatic carbocycles. The summed E-state index contributed by atoms with van der Waals surface area (Å²) in [5.41, 5.74) is 6.78. The SMILES string of the molecule is Cc1ccsc1CCN. The Morgan fingerprint density at radius 2 is 2.44 bits per heavy atom. The normalized spacial score (nSPS) is 10.0. The average Bonchev–Trinajstić information content (AvgIpc) is 2.18. The topological polar surface area (TPSA) is 26.0 Å². The molecule has 0 fully saturated rings. The van der Waals surface area contributed by atoms with Crippen LogP contribution in [-0.4, -0.2) is 6.54 Å². The molecule has 50 valence electrons. The lowest BCUT2D eigenvalue weighted by Crippen LogP contribution is -2.01. The van der Waals surface area contributed by atoms with E-state index in [1.54, 1.807) is 11.3 Å². The summed E-state index contributed by atoms with van der Waals surface area (Å²) in [5.74, 6) is 0. The van der Waals surface area contributed by atoms with Gasteiger partial charge in [0, 0.05) is 4.88 Å². The van der Waals surface area contributed by atoms with Crippen LogP contribution in [0.4, 0.5) is 0 Å². The standard InChI is InChI=1S/C7H11NS/c1-6-3-5-9-7(6)2-4-8/h3,5H,2,4,8H2,1H3. The molecule has 0 saturated carbocycles. The second-order valence-corrected chi connectivity index (χ2v) is 3.07. The van der Waals surface area contributed by atoms with Crippen molar-refractivity contribution < 1.29 is 0 Å². The molecule has 1 aromatic heterocycles. The highest BCUT2D eigenvalue weighted by Crippen LogP contribution is 2.14. The zero-order valence-corrected chi connectivity index (χ0v) is 6.37. The Balaban J connectivity index is 2.69. The van der Waals surface area contributed by atoms with Gasteiger partial charge in [-0.3, -0.25) is 0 Å². The molecule has 0 aliphatic carbocycles. The van der Waals surface area contributed by atoms with Gasteiger partial charge in [-0.15, -0.1) is 11.3 Å². The zero-order valence-electron chi connectivity index (χ0n) is 5.55. The van der Waals surface area contributed by atoms with Crippen LogP contribution in [0.2, 0.25) is 0 Å². The molecule has 0 aliphatic heterocycles. The molecule has 1 nitrogen and oxygen atoms in total. The number of hydrogen-bond donors (Lipinski definition) is 1. The minimum atomic E-state index is 0.765. The monoisotopic (exact) mass is 141 g/mol. The molecule has 0 aliphatic rings. The minimum Gasteiger partial charge on any atom is -0.330 e. The van der Waals surface area contributed by atoms with Crippen LogP contribution < -0.4 is 5.73 Å². The molecule has 2 heteroatoms. The first-order valence-corrected chi connectivity index (χ1v) is 3.95. The van der Waals surface area contributed by atoms with E-state index in [-0.39, 0.29) is 0 Å². The van der Waals surface area contributed by atoms with Crippen molar-refractivity contribution in [2.24, 2.45) is 5.73 Å². The van der Waals surface area contributed by atoms with Gasteiger partial charge in [-0.1, -0.05) is 0 Å². The summed E-state index contributed by atoms with van der Waals surface area (Å²) >= 11 is 1.79. The van der Waals surface area contributed by atoms with Crippen molar-refractivity contribution in [3.05, 3.63) is 21.9 Å². The molecule has 9 heavy (non-hydrogen) atoms. The van der Waals surface area contributed by atoms with Crippen LogP contribution in [0.25, 0.3) is 0 Å². The van der Waals surface area contributed by atoms with E-state index >= 15 is 0 Å². The lowest BCUT2D eigenvalue weighted by Gasteiger charge is -1.92. The predicted octanol–water partition coefficient (Wildman–Crippen LogP) is 1.56. The molecule has 0 saturated heterocycles. The lowest BCUT2D eigenvalue weighted by molar-refractivity contribution is 0.980. The van der Waals surface area contributed by atoms with E-state index in [1.165, 1.54) is 10.4 Å². The average molecular weight is 141 g/mol. The van der Waals surface area contributed by atoms with E-state index < -0.39 is 0 Å². The van der Waals surface area contributed by atoms with Crippen LogP contribution in [0.5, 0.6) is 0 Å². The van der Waals surface area contributed by atoms with Crippen molar-refractivity contribution in [1.29, 1.82) is 0 Å². The molecule has 0 bridgehead atoms. The van der Waals surface area contributed by atoms with Gasteiger partial charge in [0.25, 0.3) is 0 Å². The predicted molar refractivity (Wildman–Crippen MR) is 41.8 cm³/mol. The number of hydrogen-bond acceptors (Lipinski definition) is 2. The molecule has 0 spiro atoms. The van der Waals surface area contributed by atoms with Crippen molar-refractivity contribution in [2.75, 3.05) is 6.54 Å². The quantitative estimate of drug-likeness (QED) is 0.664. The number of rotatable bonds is 2. The first-order valence-electron chi connectivity index (χ1n) is 3.07. The van der Waals surface area contributed by atoms with Gasteiger partial charge in [-0.25, -0.2) is 0 Å². The van der Waals surface area contributed by atoms with E-state index in [0.29, 0.717) is 0 Å². The van der Waals surface area contributed by atoms with Crippen LogP contribution in [0.3, 0.4) is 0 Å². The largest absolute Gasteiger partial charge is 0.330 e. The summed E-state index contributed by atoms with van der Waals surface area (Å²) < 4.78 is 0. The molecule has 1 rings (SSSR count). The fourth-order valence-corrected chi connectivity index (χ4v) is 1.72. The Morgan fingerprint density at radius 1 is 1.67 bits per heavy atom. The van der Waals surface area contributed by atoms with Gasteiger partial charge >= 0.3 is 0 Å². The summed E-state index contributed by atoms with van der Waals surface area (Å²) in [7, 11) is 0. The number of nitrogens with two attached hydrogens (primary N) is 1. The van der Waals surface area contributed by atoms with Crippen molar-refractivity contribution in [3.8, 4) is 0 Å². The maximum Gasteiger partial charge on any atom is 0.00869 e. The minimum absolute atomic E-state index is 0.765. The van der Waals surface area contributed by atoms with Gasteiger partial charge < -0.3 is 5.73 Å². The highest BCUT2D eigenvalue weighted by Gasteiger charge is 1.95. The maximum atomic E-state index is 5.40. The third kappa shape index (κ3) is 1.53. The number of thiophene rings is 1. The molecule has 0 amide bonds. The second-order valence-electron chi connectivity index (χ2n) is 2.07. The molecule has 0 radical (unpaired) electrons. The first kappa shape index (κ1) is 6.78. The molecular weight excluding hydrogens is 130 g/mol. The second kappa shape index (κ2) is 2.99. The van der Waals surface area contributed by atoms with Gasteiger partial charge in [0.2, 0.25) is 0 Å². The van der Waals surface area contributed by atoms with Gasteiger partial charge in [0.05, 0.1) is 0 Å². The fraction of sp³-hybridized carbons (Fsp3) is 0.429. The maximum absolute atomic E-state index is 5.40. The highest BCUT2D eigenvalue weighted by molar-refractivity contribution is 7.10. The first-order chi connectivity index (χ1) is 4.34. The Labute approximate surface area is 59.5 Å². The molecular formula is C7H11NS. The van der Waals surface area contributed by atoms with Gasteiger partial charge in [-0.05, 0) is 36.9 Å². The van der Waals surface area contributed by atoms with E-state index in [4.69, 9.17) is 5.73 Å². The molecule has 1 aromatic rings. The van der Waals surface area contributed by atoms with Crippen molar-refractivity contribution in [3.63, 3.8) is 0 Å². The highest BCUT2D eigenvalue weighted by atomic mass is 32.1. The van der Waals surface area contributed by atoms with Crippen LogP contribution in [0.15, 0.2) is 11.4 Å². The van der Waals surface area contributed by atoms with Crippen LogP contribution in [0.1, 0.15) is 10.4 Å². The Kier molecular flexibility index (Phi) is 2.25. The summed E-state index contributed by atoms with van der Waals surface area (Å²) in [6.45, 7) is 2.89. The third-order valence-corrected chi connectivity index (χ3v) is 2.42. The van der Waals surface area contributed by atoms with E-state index in [9.17, 15) is 0 Å². The fourth-order valence-electron chi connectivity index (χ4n) is 0.791. The molecule has 2 N–H and O–H groups in total. The summed E-state index contributed by atoms with van der Waals surface area (Å²) in [6, 6.07) is 2.13. The third-order valence-electron chi connectivity index (χ3n) is 1.34. The molecule has 0 unspecified atom stereocenters. The zero-order chi connectivity index (χ0) is 6.69. The van der Waals surface area contributed by atoms with E-state index in [0.717, 1.165) is 13.0 Å². The molecule has 1 heterocycles. The van der Waals surface area contributed by atoms with E-state index in [2.05, 4.69) is 18.4 Å². The van der Waals surface area contributed by atoms with Crippen LogP contribution in [-0.2, 0) is 6.42 Å². The lowest BCUT2D eigenvalue weighted by atomic mass is 10.2.